The lowest BCUT2D eigenvalue weighted by Crippen LogP contribution is -2.21. The number of carbonyl (C=O) groups excluding carboxylic acids is 1. The van der Waals surface area contributed by atoms with E-state index in [2.05, 4.69) is 5.32 Å². The Bertz CT molecular complexity index is 790. The maximum Gasteiger partial charge on any atom is 0.262 e. The van der Waals surface area contributed by atoms with Crippen LogP contribution in [0.25, 0.3) is 0 Å². The number of nitrogens with one attached hydrogen (secondary N) is 1. The van der Waals surface area contributed by atoms with Gasteiger partial charge in [0.05, 0.1) is 26.0 Å². The fraction of sp³-hybridized carbons (Fsp3) is 0.350. The van der Waals surface area contributed by atoms with Gasteiger partial charge in [-0.2, -0.15) is 0 Å². The molecule has 2 aromatic carbocycles. The summed E-state index contributed by atoms with van der Waals surface area (Å²) in [5, 5.41) is 12.9. The molecule has 2 aromatic rings. The molecule has 1 amide bonds. The second-order valence-electron chi connectivity index (χ2n) is 6.14. The molecule has 0 radical (unpaired) electrons. The number of carbonyl (C=O) groups is 1. The van der Waals surface area contributed by atoms with Crippen LogP contribution < -0.4 is 19.5 Å². The molecule has 0 spiro atoms. The number of hydrogen-bond donors (Lipinski definition) is 2. The van der Waals surface area contributed by atoms with E-state index in [0.29, 0.717) is 22.9 Å². The third-order valence-corrected chi connectivity index (χ3v) is 4.47. The molecule has 0 aromatic heterocycles. The van der Waals surface area contributed by atoms with E-state index in [4.69, 9.17) is 14.2 Å². The van der Waals surface area contributed by atoms with Gasteiger partial charge in [0.2, 0.25) is 0 Å². The van der Waals surface area contributed by atoms with E-state index in [-0.39, 0.29) is 12.5 Å². The SMILES string of the molecule is COc1ccc(NC(=O)COc2cccc3c2CCCC3O)c(OC)c1. The van der Waals surface area contributed by atoms with Crippen molar-refractivity contribution in [2.45, 2.75) is 25.4 Å². The molecule has 0 saturated heterocycles. The first-order valence-electron chi connectivity index (χ1n) is 8.57. The molecule has 0 bridgehead atoms. The molecule has 0 heterocycles. The lowest BCUT2D eigenvalue weighted by molar-refractivity contribution is -0.118. The van der Waals surface area contributed by atoms with Gasteiger partial charge in [0.15, 0.2) is 6.61 Å². The van der Waals surface area contributed by atoms with E-state index in [0.717, 1.165) is 30.4 Å². The predicted molar refractivity (Wildman–Crippen MR) is 98.0 cm³/mol. The van der Waals surface area contributed by atoms with Crippen molar-refractivity contribution < 1.29 is 24.1 Å². The standard InChI is InChI=1S/C20H23NO5/c1-24-13-9-10-16(19(11-13)25-2)21-20(23)12-26-18-8-4-5-14-15(18)6-3-7-17(14)22/h4-5,8-11,17,22H,3,6-7,12H2,1-2H3,(H,21,23). The summed E-state index contributed by atoms with van der Waals surface area (Å²) in [4.78, 5) is 12.3. The van der Waals surface area contributed by atoms with E-state index in [1.807, 2.05) is 18.2 Å². The zero-order valence-electron chi connectivity index (χ0n) is 15.0. The quantitative estimate of drug-likeness (QED) is 0.831. The van der Waals surface area contributed by atoms with Crippen molar-refractivity contribution in [2.24, 2.45) is 0 Å². The summed E-state index contributed by atoms with van der Waals surface area (Å²) >= 11 is 0. The molecule has 1 aliphatic carbocycles. The van der Waals surface area contributed by atoms with Crippen LogP contribution in [-0.4, -0.2) is 31.8 Å². The number of hydrogen-bond acceptors (Lipinski definition) is 5. The topological polar surface area (TPSA) is 77.0 Å². The van der Waals surface area contributed by atoms with E-state index < -0.39 is 6.10 Å². The van der Waals surface area contributed by atoms with Crippen molar-refractivity contribution in [3.05, 3.63) is 47.5 Å². The molecule has 3 rings (SSSR count). The molecule has 26 heavy (non-hydrogen) atoms. The summed E-state index contributed by atoms with van der Waals surface area (Å²) in [6.45, 7) is -0.123. The Labute approximate surface area is 152 Å². The summed E-state index contributed by atoms with van der Waals surface area (Å²) in [5.41, 5.74) is 2.43. The van der Waals surface area contributed by atoms with Crippen LogP contribution in [0.2, 0.25) is 0 Å². The first-order chi connectivity index (χ1) is 12.6. The molecule has 2 N–H and O–H groups in total. The van der Waals surface area contributed by atoms with Crippen LogP contribution >= 0.6 is 0 Å². The maximum atomic E-state index is 12.3. The third-order valence-electron chi connectivity index (χ3n) is 4.47. The summed E-state index contributed by atoms with van der Waals surface area (Å²) in [5.74, 6) is 1.52. The number of benzene rings is 2. The highest BCUT2D eigenvalue weighted by Gasteiger charge is 2.21. The molecule has 1 unspecified atom stereocenters. The second kappa shape index (κ2) is 8.10. The van der Waals surface area contributed by atoms with E-state index in [9.17, 15) is 9.90 Å². The van der Waals surface area contributed by atoms with Crippen molar-refractivity contribution in [3.8, 4) is 17.2 Å². The molecule has 6 nitrogen and oxygen atoms in total. The van der Waals surface area contributed by atoms with Crippen LogP contribution in [0.4, 0.5) is 5.69 Å². The molecule has 1 atom stereocenters. The van der Waals surface area contributed by atoms with Crippen LogP contribution in [0.3, 0.4) is 0 Å². The number of amides is 1. The largest absolute Gasteiger partial charge is 0.497 e. The minimum atomic E-state index is -0.459. The molecule has 0 aliphatic heterocycles. The van der Waals surface area contributed by atoms with Gasteiger partial charge in [-0.05, 0) is 48.6 Å². The zero-order valence-corrected chi connectivity index (χ0v) is 15.0. The summed E-state index contributed by atoms with van der Waals surface area (Å²) in [6, 6.07) is 10.7. The Balaban J connectivity index is 1.66. The van der Waals surface area contributed by atoms with Gasteiger partial charge in [-0.15, -0.1) is 0 Å². The molecule has 138 valence electrons. The van der Waals surface area contributed by atoms with Crippen LogP contribution in [0.1, 0.15) is 30.1 Å². The molecule has 0 fully saturated rings. The van der Waals surface area contributed by atoms with Crippen LogP contribution in [0.15, 0.2) is 36.4 Å². The van der Waals surface area contributed by atoms with Crippen molar-refractivity contribution in [2.75, 3.05) is 26.1 Å². The number of fused-ring (bicyclic) bond motifs is 1. The number of anilines is 1. The number of aliphatic hydroxyl groups is 1. The maximum absolute atomic E-state index is 12.3. The number of rotatable bonds is 6. The van der Waals surface area contributed by atoms with Crippen LogP contribution in [0, 0.1) is 0 Å². The molecule has 6 heteroatoms. The highest BCUT2D eigenvalue weighted by Crippen LogP contribution is 2.35. The van der Waals surface area contributed by atoms with Gasteiger partial charge in [0.1, 0.15) is 17.2 Å². The van der Waals surface area contributed by atoms with Crippen molar-refractivity contribution >= 4 is 11.6 Å². The summed E-state index contributed by atoms with van der Waals surface area (Å²) < 4.78 is 16.1. The Morgan fingerprint density at radius 1 is 1.19 bits per heavy atom. The average molecular weight is 357 g/mol. The monoisotopic (exact) mass is 357 g/mol. The Kier molecular flexibility index (Phi) is 5.63. The van der Waals surface area contributed by atoms with Gasteiger partial charge >= 0.3 is 0 Å². The van der Waals surface area contributed by atoms with E-state index in [1.165, 1.54) is 7.11 Å². The lowest BCUT2D eigenvalue weighted by atomic mass is 9.89. The Morgan fingerprint density at radius 2 is 2.04 bits per heavy atom. The normalized spacial score (nSPS) is 15.7. The predicted octanol–water partition coefficient (Wildman–Crippen LogP) is 3.09. The summed E-state index contributed by atoms with van der Waals surface area (Å²) in [7, 11) is 3.10. The van der Waals surface area contributed by atoms with Crippen molar-refractivity contribution in [1.82, 2.24) is 0 Å². The molecular weight excluding hydrogens is 334 g/mol. The number of methoxy groups -OCH3 is 2. The van der Waals surface area contributed by atoms with E-state index in [1.54, 1.807) is 25.3 Å². The average Bonchev–Trinajstić information content (AvgIpc) is 2.67. The van der Waals surface area contributed by atoms with Crippen LogP contribution in [-0.2, 0) is 11.2 Å². The molecule has 0 saturated carbocycles. The van der Waals surface area contributed by atoms with Crippen molar-refractivity contribution in [3.63, 3.8) is 0 Å². The van der Waals surface area contributed by atoms with Gasteiger partial charge < -0.3 is 24.6 Å². The number of aliphatic hydroxyl groups excluding tert-OH is 1. The fourth-order valence-electron chi connectivity index (χ4n) is 3.16. The lowest BCUT2D eigenvalue weighted by Gasteiger charge is -2.23. The fourth-order valence-corrected chi connectivity index (χ4v) is 3.16. The molecule has 1 aliphatic rings. The minimum Gasteiger partial charge on any atom is -0.497 e. The first kappa shape index (κ1) is 18.1. The van der Waals surface area contributed by atoms with Gasteiger partial charge in [0, 0.05) is 6.07 Å². The smallest absolute Gasteiger partial charge is 0.262 e. The Morgan fingerprint density at radius 3 is 2.81 bits per heavy atom. The van der Waals surface area contributed by atoms with Gasteiger partial charge in [0.25, 0.3) is 5.91 Å². The molecular formula is C20H23NO5. The highest BCUT2D eigenvalue weighted by molar-refractivity contribution is 5.93. The van der Waals surface area contributed by atoms with Crippen molar-refractivity contribution in [1.29, 1.82) is 0 Å². The summed E-state index contributed by atoms with van der Waals surface area (Å²) in [6.07, 6.45) is 2.05. The third kappa shape index (κ3) is 3.91. The minimum absolute atomic E-state index is 0.123. The van der Waals surface area contributed by atoms with Gasteiger partial charge in [-0.1, -0.05) is 12.1 Å². The van der Waals surface area contributed by atoms with Crippen LogP contribution in [0.5, 0.6) is 17.2 Å². The highest BCUT2D eigenvalue weighted by atomic mass is 16.5. The zero-order chi connectivity index (χ0) is 18.5. The van der Waals surface area contributed by atoms with Gasteiger partial charge in [-0.3, -0.25) is 4.79 Å². The first-order valence-corrected chi connectivity index (χ1v) is 8.57. The number of ether oxygens (including phenoxy) is 3. The second-order valence-corrected chi connectivity index (χ2v) is 6.14. The van der Waals surface area contributed by atoms with Gasteiger partial charge in [-0.25, -0.2) is 0 Å². The Hall–Kier alpha value is -2.73. The van der Waals surface area contributed by atoms with E-state index >= 15 is 0 Å².